The molecule has 2 aromatic rings. The van der Waals surface area contributed by atoms with Crippen LogP contribution in [0.1, 0.15) is 22.9 Å². The molecular formula is C15H18N2O. The third-order valence-electron chi connectivity index (χ3n) is 2.97. The molecule has 94 valence electrons. The van der Waals surface area contributed by atoms with Gasteiger partial charge in [0.2, 0.25) is 0 Å². The van der Waals surface area contributed by atoms with Crippen LogP contribution in [0.2, 0.25) is 0 Å². The van der Waals surface area contributed by atoms with Crippen molar-refractivity contribution >= 4 is 0 Å². The number of methoxy groups -OCH3 is 1. The van der Waals surface area contributed by atoms with E-state index in [0.717, 1.165) is 17.0 Å². The summed E-state index contributed by atoms with van der Waals surface area (Å²) in [5, 5.41) is 3.29. The van der Waals surface area contributed by atoms with E-state index in [2.05, 4.69) is 23.3 Å². The van der Waals surface area contributed by atoms with E-state index in [0.29, 0.717) is 0 Å². The summed E-state index contributed by atoms with van der Waals surface area (Å²) >= 11 is 0. The van der Waals surface area contributed by atoms with Crippen LogP contribution in [0, 0.1) is 6.92 Å². The number of hydrogen-bond donors (Lipinski definition) is 1. The molecule has 0 saturated heterocycles. The molecule has 18 heavy (non-hydrogen) atoms. The SMILES string of the molecule is CNC(c1ccccn1)c1cc(C)ccc1OC. The Labute approximate surface area is 108 Å². The van der Waals surface area contributed by atoms with Gasteiger partial charge in [-0.05, 0) is 32.2 Å². The molecule has 0 amide bonds. The molecule has 0 spiro atoms. The number of aromatic nitrogens is 1. The van der Waals surface area contributed by atoms with Crippen molar-refractivity contribution in [3.63, 3.8) is 0 Å². The second-order valence-corrected chi connectivity index (χ2v) is 4.22. The number of nitrogens with zero attached hydrogens (tertiary/aromatic N) is 1. The zero-order valence-electron chi connectivity index (χ0n) is 11.0. The molecule has 0 saturated carbocycles. The van der Waals surface area contributed by atoms with Gasteiger partial charge < -0.3 is 10.1 Å². The first-order chi connectivity index (χ1) is 8.76. The number of aryl methyl sites for hydroxylation is 1. The number of pyridine rings is 1. The van der Waals surface area contributed by atoms with E-state index in [1.807, 2.05) is 43.6 Å². The highest BCUT2D eigenvalue weighted by Crippen LogP contribution is 2.29. The maximum Gasteiger partial charge on any atom is 0.124 e. The van der Waals surface area contributed by atoms with Crippen LogP contribution < -0.4 is 10.1 Å². The lowest BCUT2D eigenvalue weighted by Gasteiger charge is -2.19. The topological polar surface area (TPSA) is 34.2 Å². The average Bonchev–Trinajstić information content (AvgIpc) is 2.41. The Hall–Kier alpha value is -1.87. The average molecular weight is 242 g/mol. The van der Waals surface area contributed by atoms with Crippen molar-refractivity contribution in [1.29, 1.82) is 0 Å². The van der Waals surface area contributed by atoms with Crippen LogP contribution >= 0.6 is 0 Å². The van der Waals surface area contributed by atoms with Crippen molar-refractivity contribution < 1.29 is 4.74 Å². The van der Waals surface area contributed by atoms with Gasteiger partial charge in [0.25, 0.3) is 0 Å². The lowest BCUT2D eigenvalue weighted by Crippen LogP contribution is -2.19. The monoisotopic (exact) mass is 242 g/mol. The fourth-order valence-corrected chi connectivity index (χ4v) is 2.09. The van der Waals surface area contributed by atoms with E-state index in [1.54, 1.807) is 7.11 Å². The Morgan fingerprint density at radius 1 is 1.22 bits per heavy atom. The van der Waals surface area contributed by atoms with Gasteiger partial charge in [-0.15, -0.1) is 0 Å². The molecule has 0 fully saturated rings. The molecule has 0 aliphatic heterocycles. The molecule has 0 aliphatic carbocycles. The highest BCUT2D eigenvalue weighted by atomic mass is 16.5. The number of rotatable bonds is 4. The second kappa shape index (κ2) is 5.65. The molecule has 1 aromatic heterocycles. The molecule has 1 heterocycles. The van der Waals surface area contributed by atoms with Crippen molar-refractivity contribution in [2.24, 2.45) is 0 Å². The minimum atomic E-state index is 0.0426. The van der Waals surface area contributed by atoms with Gasteiger partial charge in [-0.25, -0.2) is 0 Å². The van der Waals surface area contributed by atoms with Gasteiger partial charge in [0.15, 0.2) is 0 Å². The van der Waals surface area contributed by atoms with E-state index in [-0.39, 0.29) is 6.04 Å². The standard InChI is InChI=1S/C15H18N2O/c1-11-7-8-14(18-3)12(10-11)15(16-2)13-6-4-5-9-17-13/h4-10,15-16H,1-3H3. The zero-order chi connectivity index (χ0) is 13.0. The van der Waals surface area contributed by atoms with Crippen LogP contribution in [0.5, 0.6) is 5.75 Å². The molecule has 1 N–H and O–H groups in total. The van der Waals surface area contributed by atoms with Gasteiger partial charge in [0.05, 0.1) is 18.8 Å². The maximum atomic E-state index is 5.44. The third-order valence-corrected chi connectivity index (χ3v) is 2.97. The Morgan fingerprint density at radius 3 is 2.67 bits per heavy atom. The van der Waals surface area contributed by atoms with Crippen molar-refractivity contribution in [3.8, 4) is 5.75 Å². The Bertz CT molecular complexity index is 511. The van der Waals surface area contributed by atoms with E-state index >= 15 is 0 Å². The van der Waals surface area contributed by atoms with Gasteiger partial charge in [-0.2, -0.15) is 0 Å². The van der Waals surface area contributed by atoms with Crippen LogP contribution in [0.4, 0.5) is 0 Å². The second-order valence-electron chi connectivity index (χ2n) is 4.22. The van der Waals surface area contributed by atoms with Gasteiger partial charge in [-0.1, -0.05) is 23.8 Å². The molecule has 0 aliphatic rings. The minimum Gasteiger partial charge on any atom is -0.496 e. The van der Waals surface area contributed by atoms with E-state index < -0.39 is 0 Å². The Morgan fingerprint density at radius 2 is 2.06 bits per heavy atom. The summed E-state index contributed by atoms with van der Waals surface area (Å²) in [6.07, 6.45) is 1.81. The van der Waals surface area contributed by atoms with E-state index in [9.17, 15) is 0 Å². The van der Waals surface area contributed by atoms with Crippen molar-refractivity contribution in [3.05, 3.63) is 59.4 Å². The van der Waals surface area contributed by atoms with Crippen molar-refractivity contribution in [1.82, 2.24) is 10.3 Å². The molecule has 3 heteroatoms. The van der Waals surface area contributed by atoms with Crippen LogP contribution in [-0.2, 0) is 0 Å². The summed E-state index contributed by atoms with van der Waals surface area (Å²) in [4.78, 5) is 4.41. The summed E-state index contributed by atoms with van der Waals surface area (Å²) in [5.74, 6) is 0.880. The minimum absolute atomic E-state index is 0.0426. The molecule has 2 rings (SSSR count). The van der Waals surface area contributed by atoms with Crippen molar-refractivity contribution in [2.45, 2.75) is 13.0 Å². The fraction of sp³-hybridized carbons (Fsp3) is 0.267. The largest absolute Gasteiger partial charge is 0.496 e. The molecule has 0 radical (unpaired) electrons. The summed E-state index contributed by atoms with van der Waals surface area (Å²) in [5.41, 5.74) is 3.31. The molecule has 0 bridgehead atoms. The molecule has 1 aromatic carbocycles. The van der Waals surface area contributed by atoms with Gasteiger partial charge in [0, 0.05) is 11.8 Å². The summed E-state index contributed by atoms with van der Waals surface area (Å²) in [6.45, 7) is 2.08. The lowest BCUT2D eigenvalue weighted by molar-refractivity contribution is 0.405. The highest BCUT2D eigenvalue weighted by molar-refractivity contribution is 5.42. The molecule has 1 atom stereocenters. The first-order valence-electron chi connectivity index (χ1n) is 5.99. The summed E-state index contributed by atoms with van der Waals surface area (Å²) < 4.78 is 5.44. The van der Waals surface area contributed by atoms with E-state index in [4.69, 9.17) is 4.74 Å². The fourth-order valence-electron chi connectivity index (χ4n) is 2.09. The van der Waals surface area contributed by atoms with Gasteiger partial charge in [-0.3, -0.25) is 4.98 Å². The number of ether oxygens (including phenoxy) is 1. The van der Waals surface area contributed by atoms with Crippen LogP contribution in [-0.4, -0.2) is 19.1 Å². The van der Waals surface area contributed by atoms with Gasteiger partial charge >= 0.3 is 0 Å². The third kappa shape index (κ3) is 2.51. The zero-order valence-corrected chi connectivity index (χ0v) is 11.0. The predicted molar refractivity (Wildman–Crippen MR) is 72.9 cm³/mol. The normalized spacial score (nSPS) is 12.2. The summed E-state index contributed by atoms with van der Waals surface area (Å²) in [7, 11) is 3.63. The van der Waals surface area contributed by atoms with Crippen LogP contribution in [0.3, 0.4) is 0 Å². The predicted octanol–water partition coefficient (Wildman–Crippen LogP) is 2.71. The highest BCUT2D eigenvalue weighted by Gasteiger charge is 2.17. The van der Waals surface area contributed by atoms with E-state index in [1.165, 1.54) is 5.56 Å². The number of hydrogen-bond acceptors (Lipinski definition) is 3. The molecule has 1 unspecified atom stereocenters. The molecule has 3 nitrogen and oxygen atoms in total. The number of benzene rings is 1. The van der Waals surface area contributed by atoms with Crippen LogP contribution in [0.25, 0.3) is 0 Å². The first kappa shape index (κ1) is 12.6. The van der Waals surface area contributed by atoms with Crippen LogP contribution in [0.15, 0.2) is 42.6 Å². The Kier molecular flexibility index (Phi) is 3.95. The quantitative estimate of drug-likeness (QED) is 0.895. The maximum absolute atomic E-state index is 5.44. The summed E-state index contributed by atoms with van der Waals surface area (Å²) in [6, 6.07) is 12.2. The van der Waals surface area contributed by atoms with Crippen molar-refractivity contribution in [2.75, 3.05) is 14.2 Å². The Balaban J connectivity index is 2.48. The van der Waals surface area contributed by atoms with Gasteiger partial charge in [0.1, 0.15) is 5.75 Å². The molecular weight excluding hydrogens is 224 g/mol. The number of nitrogens with one attached hydrogen (secondary N) is 1. The first-order valence-corrected chi connectivity index (χ1v) is 5.99. The smallest absolute Gasteiger partial charge is 0.124 e. The lowest BCUT2D eigenvalue weighted by atomic mass is 10.00.